The smallest absolute Gasteiger partial charge is 0.0741 e. The predicted molar refractivity (Wildman–Crippen MR) is 63.8 cm³/mol. The molecule has 0 saturated heterocycles. The largest absolute Gasteiger partial charge is 0.389 e. The summed E-state index contributed by atoms with van der Waals surface area (Å²) in [5, 5.41) is 13.2. The molecular weight excluding hydrogens is 186 g/mol. The van der Waals surface area contributed by atoms with Gasteiger partial charge in [-0.15, -0.1) is 0 Å². The molecule has 0 heterocycles. The quantitative estimate of drug-likeness (QED) is 0.795. The summed E-state index contributed by atoms with van der Waals surface area (Å²) in [5.74, 6) is 0. The number of hydrogen-bond acceptors (Lipinski definition) is 2. The number of benzene rings is 1. The SMILES string of the molecule is CC(N[C@@H](C)c1ccccc1)C(C)(C)O. The third-order valence-electron chi connectivity index (χ3n) is 2.86. The fourth-order valence-electron chi connectivity index (χ4n) is 1.42. The van der Waals surface area contributed by atoms with Crippen LogP contribution in [0, 0.1) is 0 Å². The van der Waals surface area contributed by atoms with Crippen LogP contribution in [0.25, 0.3) is 0 Å². The van der Waals surface area contributed by atoms with Gasteiger partial charge in [0.2, 0.25) is 0 Å². The molecule has 0 aromatic heterocycles. The Morgan fingerprint density at radius 1 is 1.13 bits per heavy atom. The summed E-state index contributed by atoms with van der Waals surface area (Å²) >= 11 is 0. The van der Waals surface area contributed by atoms with E-state index in [2.05, 4.69) is 24.4 Å². The average Bonchev–Trinajstić information content (AvgIpc) is 2.17. The Balaban J connectivity index is 2.61. The van der Waals surface area contributed by atoms with Gasteiger partial charge < -0.3 is 10.4 Å². The zero-order valence-corrected chi connectivity index (χ0v) is 9.99. The summed E-state index contributed by atoms with van der Waals surface area (Å²) in [7, 11) is 0. The Morgan fingerprint density at radius 3 is 2.13 bits per heavy atom. The molecule has 0 amide bonds. The van der Waals surface area contributed by atoms with Crippen LogP contribution in [0.2, 0.25) is 0 Å². The molecular formula is C13H21NO. The van der Waals surface area contributed by atoms with Crippen LogP contribution in [0.15, 0.2) is 30.3 Å². The lowest BCUT2D eigenvalue weighted by Gasteiger charge is -2.30. The maximum Gasteiger partial charge on any atom is 0.0741 e. The van der Waals surface area contributed by atoms with E-state index in [4.69, 9.17) is 0 Å². The number of aliphatic hydroxyl groups is 1. The van der Waals surface area contributed by atoms with Crippen molar-refractivity contribution >= 4 is 0 Å². The molecule has 0 spiro atoms. The van der Waals surface area contributed by atoms with E-state index in [1.807, 2.05) is 39.0 Å². The van der Waals surface area contributed by atoms with Gasteiger partial charge in [0, 0.05) is 12.1 Å². The van der Waals surface area contributed by atoms with Crippen molar-refractivity contribution in [2.75, 3.05) is 0 Å². The summed E-state index contributed by atoms with van der Waals surface area (Å²) in [6.07, 6.45) is 0. The van der Waals surface area contributed by atoms with E-state index in [-0.39, 0.29) is 12.1 Å². The molecule has 0 saturated carbocycles. The molecule has 1 unspecified atom stereocenters. The van der Waals surface area contributed by atoms with Gasteiger partial charge in [-0.1, -0.05) is 30.3 Å². The highest BCUT2D eigenvalue weighted by Crippen LogP contribution is 2.16. The first-order chi connectivity index (χ1) is 6.91. The summed E-state index contributed by atoms with van der Waals surface area (Å²) in [4.78, 5) is 0. The van der Waals surface area contributed by atoms with E-state index >= 15 is 0 Å². The van der Waals surface area contributed by atoms with Crippen LogP contribution in [0.4, 0.5) is 0 Å². The molecule has 2 heteroatoms. The van der Waals surface area contributed by atoms with Crippen molar-refractivity contribution < 1.29 is 5.11 Å². The molecule has 2 N–H and O–H groups in total. The third kappa shape index (κ3) is 3.65. The second-order valence-corrected chi connectivity index (χ2v) is 4.67. The van der Waals surface area contributed by atoms with Crippen molar-refractivity contribution in [2.24, 2.45) is 0 Å². The zero-order chi connectivity index (χ0) is 11.5. The molecule has 0 radical (unpaired) electrons. The lowest BCUT2D eigenvalue weighted by atomic mass is 9.98. The summed E-state index contributed by atoms with van der Waals surface area (Å²) < 4.78 is 0. The first-order valence-electron chi connectivity index (χ1n) is 5.44. The van der Waals surface area contributed by atoms with Gasteiger partial charge in [0.25, 0.3) is 0 Å². The van der Waals surface area contributed by atoms with Crippen molar-refractivity contribution in [1.29, 1.82) is 0 Å². The molecule has 0 bridgehead atoms. The first-order valence-corrected chi connectivity index (χ1v) is 5.44. The molecule has 84 valence electrons. The molecule has 15 heavy (non-hydrogen) atoms. The molecule has 2 nitrogen and oxygen atoms in total. The van der Waals surface area contributed by atoms with E-state index < -0.39 is 5.60 Å². The van der Waals surface area contributed by atoms with Crippen molar-refractivity contribution in [3.05, 3.63) is 35.9 Å². The normalized spacial score (nSPS) is 16.1. The van der Waals surface area contributed by atoms with Gasteiger partial charge >= 0.3 is 0 Å². The molecule has 0 aliphatic rings. The van der Waals surface area contributed by atoms with Gasteiger partial charge in [-0.05, 0) is 33.3 Å². The highest BCUT2D eigenvalue weighted by molar-refractivity contribution is 5.18. The maximum absolute atomic E-state index is 9.82. The van der Waals surface area contributed by atoms with Gasteiger partial charge in [-0.2, -0.15) is 0 Å². The predicted octanol–water partition coefficient (Wildman–Crippen LogP) is 2.50. The number of rotatable bonds is 4. The van der Waals surface area contributed by atoms with Crippen LogP contribution >= 0.6 is 0 Å². The van der Waals surface area contributed by atoms with Crippen LogP contribution in [-0.4, -0.2) is 16.7 Å². The molecule has 2 atom stereocenters. The van der Waals surface area contributed by atoms with Crippen molar-refractivity contribution in [1.82, 2.24) is 5.32 Å². The van der Waals surface area contributed by atoms with E-state index in [0.29, 0.717) is 0 Å². The fraction of sp³-hybridized carbons (Fsp3) is 0.538. The Bertz CT molecular complexity index is 289. The van der Waals surface area contributed by atoms with E-state index in [0.717, 1.165) is 0 Å². The molecule has 1 aromatic carbocycles. The molecule has 1 rings (SSSR count). The Hall–Kier alpha value is -0.860. The summed E-state index contributed by atoms with van der Waals surface area (Å²) in [6.45, 7) is 7.75. The van der Waals surface area contributed by atoms with Crippen molar-refractivity contribution in [3.8, 4) is 0 Å². The van der Waals surface area contributed by atoms with Crippen LogP contribution < -0.4 is 5.32 Å². The zero-order valence-electron chi connectivity index (χ0n) is 9.99. The van der Waals surface area contributed by atoms with E-state index in [1.54, 1.807) is 0 Å². The molecule has 0 aliphatic carbocycles. The van der Waals surface area contributed by atoms with Gasteiger partial charge in [-0.3, -0.25) is 0 Å². The molecule has 1 aromatic rings. The monoisotopic (exact) mass is 207 g/mol. The second-order valence-electron chi connectivity index (χ2n) is 4.67. The Labute approximate surface area is 92.3 Å². The topological polar surface area (TPSA) is 32.3 Å². The lowest BCUT2D eigenvalue weighted by Crippen LogP contribution is -2.45. The Kier molecular flexibility index (Phi) is 3.89. The summed E-state index contributed by atoms with van der Waals surface area (Å²) in [5.41, 5.74) is 0.553. The van der Waals surface area contributed by atoms with Crippen LogP contribution in [0.1, 0.15) is 39.3 Å². The van der Waals surface area contributed by atoms with E-state index in [1.165, 1.54) is 5.56 Å². The van der Waals surface area contributed by atoms with Crippen LogP contribution in [0.3, 0.4) is 0 Å². The van der Waals surface area contributed by atoms with Crippen molar-refractivity contribution in [3.63, 3.8) is 0 Å². The minimum absolute atomic E-state index is 0.0627. The minimum atomic E-state index is -0.691. The maximum atomic E-state index is 9.82. The van der Waals surface area contributed by atoms with Crippen LogP contribution in [0.5, 0.6) is 0 Å². The average molecular weight is 207 g/mol. The highest BCUT2D eigenvalue weighted by atomic mass is 16.3. The van der Waals surface area contributed by atoms with Gasteiger partial charge in [0.1, 0.15) is 0 Å². The molecule has 0 aliphatic heterocycles. The van der Waals surface area contributed by atoms with Gasteiger partial charge in [0.05, 0.1) is 5.60 Å². The van der Waals surface area contributed by atoms with Gasteiger partial charge in [-0.25, -0.2) is 0 Å². The Morgan fingerprint density at radius 2 is 1.67 bits per heavy atom. The second kappa shape index (κ2) is 4.77. The minimum Gasteiger partial charge on any atom is -0.389 e. The first kappa shape index (κ1) is 12.2. The van der Waals surface area contributed by atoms with Gasteiger partial charge in [0.15, 0.2) is 0 Å². The number of nitrogens with one attached hydrogen (secondary N) is 1. The van der Waals surface area contributed by atoms with Crippen molar-refractivity contribution in [2.45, 2.75) is 45.4 Å². The van der Waals surface area contributed by atoms with E-state index in [9.17, 15) is 5.11 Å². The standard InChI is InChI=1S/C13H21NO/c1-10(12-8-6-5-7-9-12)14-11(2)13(3,4)15/h5-11,14-15H,1-4H3/t10-,11?/m0/s1. The molecule has 0 fully saturated rings. The fourth-order valence-corrected chi connectivity index (χ4v) is 1.42. The highest BCUT2D eigenvalue weighted by Gasteiger charge is 2.23. The summed E-state index contributed by atoms with van der Waals surface area (Å²) in [6, 6.07) is 10.6. The third-order valence-corrected chi connectivity index (χ3v) is 2.86. The van der Waals surface area contributed by atoms with Crippen LogP contribution in [-0.2, 0) is 0 Å². The number of hydrogen-bond donors (Lipinski definition) is 2. The lowest BCUT2D eigenvalue weighted by molar-refractivity contribution is 0.0405.